The molecule has 2 aromatic rings. The summed E-state index contributed by atoms with van der Waals surface area (Å²) in [6.07, 6.45) is 7.67. The molecule has 1 saturated carbocycles. The summed E-state index contributed by atoms with van der Waals surface area (Å²) >= 11 is 0. The van der Waals surface area contributed by atoms with E-state index in [0.29, 0.717) is 5.69 Å². The van der Waals surface area contributed by atoms with E-state index in [1.165, 1.54) is 0 Å². The van der Waals surface area contributed by atoms with E-state index in [0.717, 1.165) is 31.4 Å². The molecular formula is C18H21N5O2. The third kappa shape index (κ3) is 3.22. The van der Waals surface area contributed by atoms with Crippen LogP contribution in [0.4, 0.5) is 10.5 Å². The van der Waals surface area contributed by atoms with Crippen molar-refractivity contribution in [3.05, 3.63) is 42.7 Å². The number of anilines is 1. The third-order valence-corrected chi connectivity index (χ3v) is 4.94. The van der Waals surface area contributed by atoms with Gasteiger partial charge in [0.15, 0.2) is 0 Å². The van der Waals surface area contributed by atoms with Crippen molar-refractivity contribution in [3.8, 4) is 5.69 Å². The first kappa shape index (κ1) is 15.7. The third-order valence-electron chi connectivity index (χ3n) is 4.94. The molecule has 7 heteroatoms. The summed E-state index contributed by atoms with van der Waals surface area (Å²) in [5, 5.41) is 10.1. The van der Waals surface area contributed by atoms with Gasteiger partial charge in [-0.2, -0.15) is 5.10 Å². The molecule has 2 aliphatic rings. The van der Waals surface area contributed by atoms with Gasteiger partial charge >= 0.3 is 6.03 Å². The van der Waals surface area contributed by atoms with Crippen molar-refractivity contribution in [1.29, 1.82) is 0 Å². The molecule has 2 fully saturated rings. The van der Waals surface area contributed by atoms with Gasteiger partial charge in [0.25, 0.3) is 0 Å². The number of piperazine rings is 1. The van der Waals surface area contributed by atoms with Gasteiger partial charge in [-0.1, -0.05) is 12.8 Å². The van der Waals surface area contributed by atoms with Gasteiger partial charge in [-0.3, -0.25) is 4.79 Å². The van der Waals surface area contributed by atoms with Gasteiger partial charge in [0.1, 0.15) is 6.54 Å². The molecule has 2 N–H and O–H groups in total. The monoisotopic (exact) mass is 339 g/mol. The number of rotatable bonds is 2. The van der Waals surface area contributed by atoms with E-state index in [9.17, 15) is 9.59 Å². The highest BCUT2D eigenvalue weighted by Gasteiger charge is 2.38. The number of amides is 3. The van der Waals surface area contributed by atoms with Crippen molar-refractivity contribution in [1.82, 2.24) is 20.0 Å². The zero-order chi connectivity index (χ0) is 17.2. The summed E-state index contributed by atoms with van der Waals surface area (Å²) in [4.78, 5) is 26.3. The average Bonchev–Trinajstić information content (AvgIpc) is 3.16. The SMILES string of the molecule is O=C1CN(C(=O)Nc2ccc(-n3cccn3)cc2)[C@H]2CCCC[C@@H]2N1. The zero-order valence-electron chi connectivity index (χ0n) is 13.9. The highest BCUT2D eigenvalue weighted by molar-refractivity contribution is 5.93. The number of benzene rings is 1. The smallest absolute Gasteiger partial charge is 0.322 e. The molecule has 7 nitrogen and oxygen atoms in total. The molecule has 1 aromatic carbocycles. The van der Waals surface area contributed by atoms with E-state index >= 15 is 0 Å². The molecule has 1 aromatic heterocycles. The molecule has 0 bridgehead atoms. The predicted octanol–water partition coefficient (Wildman–Crippen LogP) is 2.15. The number of hydrogen-bond donors (Lipinski definition) is 2. The fraction of sp³-hybridized carbons (Fsp3) is 0.389. The van der Waals surface area contributed by atoms with Crippen LogP contribution in [0.2, 0.25) is 0 Å². The van der Waals surface area contributed by atoms with Crippen LogP contribution in [-0.4, -0.2) is 45.2 Å². The van der Waals surface area contributed by atoms with Crippen LogP contribution in [-0.2, 0) is 4.79 Å². The number of nitrogens with one attached hydrogen (secondary N) is 2. The number of urea groups is 1. The molecule has 0 radical (unpaired) electrons. The Balaban J connectivity index is 1.46. The summed E-state index contributed by atoms with van der Waals surface area (Å²) in [7, 11) is 0. The normalized spacial score (nSPS) is 22.9. The second kappa shape index (κ2) is 6.58. The molecule has 3 amide bonds. The van der Waals surface area contributed by atoms with E-state index in [4.69, 9.17) is 0 Å². The lowest BCUT2D eigenvalue weighted by Gasteiger charge is -2.43. The lowest BCUT2D eigenvalue weighted by Crippen LogP contribution is -2.63. The fourth-order valence-corrected chi connectivity index (χ4v) is 3.71. The molecule has 4 rings (SSSR count). The number of carbonyl (C=O) groups excluding carboxylic acids is 2. The van der Waals surface area contributed by atoms with E-state index in [-0.39, 0.29) is 30.6 Å². The zero-order valence-corrected chi connectivity index (χ0v) is 13.9. The number of fused-ring (bicyclic) bond motifs is 1. The molecule has 2 heterocycles. The minimum atomic E-state index is -0.210. The van der Waals surface area contributed by atoms with Gasteiger partial charge in [-0.25, -0.2) is 9.48 Å². The predicted molar refractivity (Wildman–Crippen MR) is 93.5 cm³/mol. The number of nitrogens with zero attached hydrogens (tertiary/aromatic N) is 3. The minimum absolute atomic E-state index is 0.0765. The lowest BCUT2D eigenvalue weighted by molar-refractivity contribution is -0.126. The summed E-state index contributed by atoms with van der Waals surface area (Å²) in [6, 6.07) is 9.31. The first-order valence-electron chi connectivity index (χ1n) is 8.68. The molecule has 0 spiro atoms. The molecule has 0 unspecified atom stereocenters. The Morgan fingerprint density at radius 2 is 2.00 bits per heavy atom. The molecular weight excluding hydrogens is 318 g/mol. The van der Waals surface area contributed by atoms with Crippen LogP contribution in [0.15, 0.2) is 42.7 Å². The van der Waals surface area contributed by atoms with Crippen LogP contribution in [0.3, 0.4) is 0 Å². The highest BCUT2D eigenvalue weighted by Crippen LogP contribution is 2.26. The lowest BCUT2D eigenvalue weighted by atomic mass is 9.87. The average molecular weight is 339 g/mol. The molecule has 25 heavy (non-hydrogen) atoms. The van der Waals surface area contributed by atoms with Crippen molar-refractivity contribution in [2.45, 2.75) is 37.8 Å². The highest BCUT2D eigenvalue weighted by atomic mass is 16.2. The summed E-state index contributed by atoms with van der Waals surface area (Å²) in [6.45, 7) is 0.123. The van der Waals surface area contributed by atoms with E-state index in [2.05, 4.69) is 15.7 Å². The fourth-order valence-electron chi connectivity index (χ4n) is 3.71. The largest absolute Gasteiger partial charge is 0.350 e. The van der Waals surface area contributed by atoms with Crippen LogP contribution in [0, 0.1) is 0 Å². The summed E-state index contributed by atoms with van der Waals surface area (Å²) in [5.41, 5.74) is 1.63. The Kier molecular flexibility index (Phi) is 4.13. The van der Waals surface area contributed by atoms with Crippen LogP contribution >= 0.6 is 0 Å². The molecule has 130 valence electrons. The van der Waals surface area contributed by atoms with Crippen molar-refractivity contribution >= 4 is 17.6 Å². The van der Waals surface area contributed by atoms with E-state index in [1.54, 1.807) is 15.8 Å². The van der Waals surface area contributed by atoms with Gasteiger partial charge in [-0.05, 0) is 43.2 Å². The second-order valence-electron chi connectivity index (χ2n) is 6.58. The maximum Gasteiger partial charge on any atom is 0.322 e. The summed E-state index contributed by atoms with van der Waals surface area (Å²) in [5.74, 6) is -0.0765. The first-order valence-corrected chi connectivity index (χ1v) is 8.68. The van der Waals surface area contributed by atoms with Crippen LogP contribution in [0.1, 0.15) is 25.7 Å². The molecule has 1 aliphatic heterocycles. The number of hydrogen-bond acceptors (Lipinski definition) is 3. The maximum atomic E-state index is 12.7. The van der Waals surface area contributed by atoms with E-state index < -0.39 is 0 Å². The Labute approximate surface area is 146 Å². The maximum absolute atomic E-state index is 12.7. The van der Waals surface area contributed by atoms with E-state index in [1.807, 2.05) is 36.5 Å². The standard InChI is InChI=1S/C18H21N5O2/c24-17-12-22(16-5-2-1-4-15(16)21-17)18(25)20-13-6-8-14(9-7-13)23-11-3-10-19-23/h3,6-11,15-16H,1-2,4-5,12H2,(H,20,25)(H,21,24)/t15-,16-/m0/s1. The second-order valence-corrected chi connectivity index (χ2v) is 6.58. The molecule has 2 atom stereocenters. The van der Waals surface area contributed by atoms with Crippen molar-refractivity contribution in [2.75, 3.05) is 11.9 Å². The van der Waals surface area contributed by atoms with Crippen molar-refractivity contribution in [2.24, 2.45) is 0 Å². The van der Waals surface area contributed by atoms with Gasteiger partial charge < -0.3 is 15.5 Å². The first-order chi connectivity index (χ1) is 12.2. The van der Waals surface area contributed by atoms with Crippen molar-refractivity contribution < 1.29 is 9.59 Å². The van der Waals surface area contributed by atoms with Crippen molar-refractivity contribution in [3.63, 3.8) is 0 Å². The van der Waals surface area contributed by atoms with Gasteiger partial charge in [0.2, 0.25) is 5.91 Å². The molecule has 1 aliphatic carbocycles. The molecule has 1 saturated heterocycles. The Morgan fingerprint density at radius 3 is 2.76 bits per heavy atom. The topological polar surface area (TPSA) is 79.3 Å². The summed E-state index contributed by atoms with van der Waals surface area (Å²) < 4.78 is 1.76. The van der Waals surface area contributed by atoms with Crippen LogP contribution in [0.5, 0.6) is 0 Å². The van der Waals surface area contributed by atoms with Crippen LogP contribution in [0.25, 0.3) is 5.69 Å². The Bertz CT molecular complexity index is 756. The van der Waals surface area contributed by atoms with Gasteiger partial charge in [0.05, 0.1) is 11.7 Å². The number of carbonyl (C=O) groups is 2. The quantitative estimate of drug-likeness (QED) is 0.880. The van der Waals surface area contributed by atoms with Crippen LogP contribution < -0.4 is 10.6 Å². The number of aromatic nitrogens is 2. The van der Waals surface area contributed by atoms with Gasteiger partial charge in [0, 0.05) is 24.1 Å². The Morgan fingerprint density at radius 1 is 1.20 bits per heavy atom. The van der Waals surface area contributed by atoms with Gasteiger partial charge in [-0.15, -0.1) is 0 Å². The Hall–Kier alpha value is -2.83. The minimum Gasteiger partial charge on any atom is -0.350 e.